The van der Waals surface area contributed by atoms with Crippen molar-refractivity contribution in [3.63, 3.8) is 0 Å². The minimum atomic E-state index is -1.08. The molecule has 3 rings (SSSR count). The second-order valence-corrected chi connectivity index (χ2v) is 5.63. The van der Waals surface area contributed by atoms with Gasteiger partial charge in [-0.25, -0.2) is 4.79 Å². The van der Waals surface area contributed by atoms with E-state index in [2.05, 4.69) is 32.5 Å². The topological polar surface area (TPSA) is 87.6 Å². The van der Waals surface area contributed by atoms with Crippen LogP contribution in [0.2, 0.25) is 0 Å². The minimum Gasteiger partial charge on any atom is -0.476 e. The summed E-state index contributed by atoms with van der Waals surface area (Å²) in [4.78, 5) is 13.2. The van der Waals surface area contributed by atoms with Crippen LogP contribution in [0.15, 0.2) is 42.5 Å². The number of carboxylic acid groups (broad SMARTS) is 1. The number of aromatic carboxylic acids is 1. The van der Waals surface area contributed by atoms with E-state index in [0.29, 0.717) is 5.82 Å². The van der Waals surface area contributed by atoms with Crippen LogP contribution in [-0.4, -0.2) is 59.0 Å². The van der Waals surface area contributed by atoms with Gasteiger partial charge in [0.05, 0.1) is 19.3 Å². The third kappa shape index (κ3) is 4.27. The fourth-order valence-electron chi connectivity index (χ4n) is 2.66. The number of morpholine rings is 1. The molecule has 2 aromatic rings. The highest BCUT2D eigenvalue weighted by molar-refractivity contribution is 5.85. The van der Waals surface area contributed by atoms with E-state index in [9.17, 15) is 4.79 Å². The second-order valence-electron chi connectivity index (χ2n) is 5.63. The molecule has 7 heteroatoms. The molecule has 2 N–H and O–H groups in total. The van der Waals surface area contributed by atoms with Crippen molar-refractivity contribution in [2.24, 2.45) is 0 Å². The van der Waals surface area contributed by atoms with Gasteiger partial charge in [0.25, 0.3) is 0 Å². The molecule has 1 atom stereocenters. The quantitative estimate of drug-likeness (QED) is 0.834. The molecule has 0 spiro atoms. The summed E-state index contributed by atoms with van der Waals surface area (Å²) in [7, 11) is 0. The number of benzene rings is 1. The van der Waals surface area contributed by atoms with Crippen molar-refractivity contribution in [1.82, 2.24) is 15.1 Å². The Labute approximate surface area is 140 Å². The van der Waals surface area contributed by atoms with Crippen LogP contribution in [0, 0.1) is 0 Å². The van der Waals surface area contributed by atoms with E-state index in [1.807, 2.05) is 18.2 Å². The number of nitrogens with zero attached hydrogens (tertiary/aromatic N) is 3. The summed E-state index contributed by atoms with van der Waals surface area (Å²) in [6.45, 7) is 4.10. The maximum atomic E-state index is 10.9. The summed E-state index contributed by atoms with van der Waals surface area (Å²) in [5, 5.41) is 20.0. The van der Waals surface area contributed by atoms with Crippen LogP contribution in [0.25, 0.3) is 0 Å². The van der Waals surface area contributed by atoms with Crippen LogP contribution in [-0.2, 0) is 4.74 Å². The highest BCUT2D eigenvalue weighted by Gasteiger charge is 2.19. The maximum Gasteiger partial charge on any atom is 0.356 e. The smallest absolute Gasteiger partial charge is 0.356 e. The molecule has 1 aliphatic rings. The molecule has 1 fully saturated rings. The van der Waals surface area contributed by atoms with Crippen LogP contribution < -0.4 is 5.32 Å². The average Bonchev–Trinajstić information content (AvgIpc) is 2.63. The Balaban J connectivity index is 1.75. The number of rotatable bonds is 6. The number of nitrogens with one attached hydrogen (secondary N) is 1. The molecule has 7 nitrogen and oxygen atoms in total. The van der Waals surface area contributed by atoms with Gasteiger partial charge in [0.2, 0.25) is 0 Å². The first kappa shape index (κ1) is 16.4. The summed E-state index contributed by atoms with van der Waals surface area (Å²) < 4.78 is 5.40. The van der Waals surface area contributed by atoms with Crippen molar-refractivity contribution < 1.29 is 14.6 Å². The van der Waals surface area contributed by atoms with E-state index in [1.54, 1.807) is 6.07 Å². The summed E-state index contributed by atoms with van der Waals surface area (Å²) in [6, 6.07) is 13.3. The van der Waals surface area contributed by atoms with Crippen molar-refractivity contribution >= 4 is 11.8 Å². The number of hydrogen-bond donors (Lipinski definition) is 2. The lowest BCUT2D eigenvalue weighted by Crippen LogP contribution is -2.40. The molecule has 1 aromatic heterocycles. The molecule has 0 aliphatic carbocycles. The van der Waals surface area contributed by atoms with Crippen molar-refractivity contribution in [2.75, 3.05) is 38.2 Å². The van der Waals surface area contributed by atoms with E-state index >= 15 is 0 Å². The van der Waals surface area contributed by atoms with E-state index in [0.717, 1.165) is 38.4 Å². The first-order chi connectivity index (χ1) is 11.7. The van der Waals surface area contributed by atoms with Gasteiger partial charge in [-0.15, -0.1) is 10.2 Å². The highest BCUT2D eigenvalue weighted by atomic mass is 16.5. The monoisotopic (exact) mass is 328 g/mol. The Kier molecular flexibility index (Phi) is 5.35. The molecule has 0 radical (unpaired) electrons. The molecule has 1 saturated heterocycles. The van der Waals surface area contributed by atoms with Gasteiger partial charge in [-0.1, -0.05) is 30.3 Å². The second kappa shape index (κ2) is 7.85. The fraction of sp³-hybridized carbons (Fsp3) is 0.353. The van der Waals surface area contributed by atoms with Gasteiger partial charge in [-0.2, -0.15) is 0 Å². The number of carboxylic acids is 1. The largest absolute Gasteiger partial charge is 0.476 e. The Hall–Kier alpha value is -2.51. The van der Waals surface area contributed by atoms with Crippen molar-refractivity contribution in [3.8, 4) is 0 Å². The zero-order chi connectivity index (χ0) is 16.8. The fourth-order valence-corrected chi connectivity index (χ4v) is 2.66. The Morgan fingerprint density at radius 2 is 1.92 bits per heavy atom. The summed E-state index contributed by atoms with van der Waals surface area (Å²) in [5.74, 6) is -0.524. The number of ether oxygens (including phenoxy) is 1. The molecule has 1 unspecified atom stereocenters. The third-order valence-electron chi connectivity index (χ3n) is 3.95. The first-order valence-electron chi connectivity index (χ1n) is 7.91. The molecule has 0 saturated carbocycles. The van der Waals surface area contributed by atoms with E-state index < -0.39 is 5.97 Å². The molecule has 1 aromatic carbocycles. The van der Waals surface area contributed by atoms with Crippen LogP contribution in [0.4, 0.5) is 5.82 Å². The van der Waals surface area contributed by atoms with Crippen LogP contribution in [0.5, 0.6) is 0 Å². The molecular weight excluding hydrogens is 308 g/mol. The molecular formula is C17H20N4O3. The van der Waals surface area contributed by atoms with Gasteiger partial charge in [-0.05, 0) is 17.7 Å². The first-order valence-corrected chi connectivity index (χ1v) is 7.91. The van der Waals surface area contributed by atoms with Gasteiger partial charge >= 0.3 is 5.97 Å². The predicted molar refractivity (Wildman–Crippen MR) is 89.1 cm³/mol. The number of aromatic nitrogens is 2. The molecule has 24 heavy (non-hydrogen) atoms. The lowest BCUT2D eigenvalue weighted by Gasteiger charge is -2.31. The van der Waals surface area contributed by atoms with Crippen LogP contribution in [0.3, 0.4) is 0 Å². The summed E-state index contributed by atoms with van der Waals surface area (Å²) in [6.07, 6.45) is 0. The maximum absolute atomic E-state index is 10.9. The average molecular weight is 328 g/mol. The molecule has 0 bridgehead atoms. The Bertz CT molecular complexity index is 657. The van der Waals surface area contributed by atoms with Gasteiger partial charge in [0.1, 0.15) is 5.82 Å². The van der Waals surface area contributed by atoms with Gasteiger partial charge in [-0.3, -0.25) is 4.90 Å². The lowest BCUT2D eigenvalue weighted by atomic mass is 10.1. The van der Waals surface area contributed by atoms with Crippen molar-refractivity contribution in [3.05, 3.63) is 53.7 Å². The van der Waals surface area contributed by atoms with E-state index in [-0.39, 0.29) is 11.7 Å². The Morgan fingerprint density at radius 3 is 2.54 bits per heavy atom. The predicted octanol–water partition coefficient (Wildman–Crippen LogP) is 1.66. The molecule has 2 heterocycles. The van der Waals surface area contributed by atoms with Crippen LogP contribution >= 0.6 is 0 Å². The molecule has 1 aliphatic heterocycles. The summed E-state index contributed by atoms with van der Waals surface area (Å²) >= 11 is 0. The van der Waals surface area contributed by atoms with Gasteiger partial charge in [0, 0.05) is 19.6 Å². The van der Waals surface area contributed by atoms with Crippen molar-refractivity contribution in [2.45, 2.75) is 6.04 Å². The van der Waals surface area contributed by atoms with E-state index in [1.165, 1.54) is 6.07 Å². The van der Waals surface area contributed by atoms with Gasteiger partial charge in [0.15, 0.2) is 5.69 Å². The zero-order valence-electron chi connectivity index (χ0n) is 13.3. The van der Waals surface area contributed by atoms with E-state index in [4.69, 9.17) is 9.84 Å². The third-order valence-corrected chi connectivity index (χ3v) is 3.95. The number of anilines is 1. The molecule has 0 amide bonds. The minimum absolute atomic E-state index is 0.0364. The lowest BCUT2D eigenvalue weighted by molar-refractivity contribution is 0.0360. The number of carbonyl (C=O) groups is 1. The number of hydrogen-bond acceptors (Lipinski definition) is 6. The summed E-state index contributed by atoms with van der Waals surface area (Å²) in [5.41, 5.74) is 1.08. The highest BCUT2D eigenvalue weighted by Crippen LogP contribution is 2.20. The SMILES string of the molecule is O=C(O)c1ccc(NC(CN2CCOCC2)c2ccccc2)nn1. The standard InChI is InChI=1S/C17H20N4O3/c22-17(23)14-6-7-16(20-19-14)18-15(13-4-2-1-3-5-13)12-21-8-10-24-11-9-21/h1-7,15H,8-12H2,(H,18,20)(H,22,23). The zero-order valence-corrected chi connectivity index (χ0v) is 13.3. The Morgan fingerprint density at radius 1 is 1.17 bits per heavy atom. The normalized spacial score (nSPS) is 16.5. The van der Waals surface area contributed by atoms with Crippen molar-refractivity contribution in [1.29, 1.82) is 0 Å². The van der Waals surface area contributed by atoms with Crippen LogP contribution in [0.1, 0.15) is 22.1 Å². The molecule has 126 valence electrons. The van der Waals surface area contributed by atoms with Gasteiger partial charge < -0.3 is 15.2 Å².